The van der Waals surface area contributed by atoms with E-state index in [-0.39, 0.29) is 18.4 Å². The van der Waals surface area contributed by atoms with Crippen LogP contribution in [0.2, 0.25) is 0 Å². The Labute approximate surface area is 183 Å². The van der Waals surface area contributed by atoms with E-state index < -0.39 is 11.6 Å². The Morgan fingerprint density at radius 2 is 1.90 bits per heavy atom. The number of nitrogens with one attached hydrogen (secondary N) is 1. The molecule has 2 aliphatic heterocycles. The lowest BCUT2D eigenvalue weighted by Gasteiger charge is -2.26. The second-order valence-corrected chi connectivity index (χ2v) is 9.03. The van der Waals surface area contributed by atoms with Crippen molar-refractivity contribution >= 4 is 34.9 Å². The molecule has 1 saturated carbocycles. The number of carbonyl (C=O) groups is 3. The summed E-state index contributed by atoms with van der Waals surface area (Å²) in [6.07, 6.45) is 3.05. The fourth-order valence-corrected chi connectivity index (χ4v) is 5.13. The number of imide groups is 1. The SMILES string of the molecule is O=C1NC2(CCCC2)C(=O)N1CC(=O)N(Cc1cccs1)c1ccc2c(c1)OCCO2. The van der Waals surface area contributed by atoms with E-state index in [1.54, 1.807) is 34.4 Å². The molecule has 1 aromatic carbocycles. The van der Waals surface area contributed by atoms with Crippen molar-refractivity contribution < 1.29 is 23.9 Å². The minimum Gasteiger partial charge on any atom is -0.486 e. The summed E-state index contributed by atoms with van der Waals surface area (Å²) in [5.41, 5.74) is -0.197. The van der Waals surface area contributed by atoms with Crippen LogP contribution in [-0.4, -0.2) is 48.0 Å². The summed E-state index contributed by atoms with van der Waals surface area (Å²) in [7, 11) is 0. The molecule has 0 bridgehead atoms. The second kappa shape index (κ2) is 7.88. The van der Waals surface area contributed by atoms with E-state index in [1.807, 2.05) is 17.5 Å². The van der Waals surface area contributed by atoms with E-state index in [0.717, 1.165) is 22.6 Å². The highest BCUT2D eigenvalue weighted by Gasteiger charge is 2.52. The lowest BCUT2D eigenvalue weighted by atomic mass is 9.98. The van der Waals surface area contributed by atoms with E-state index in [1.165, 1.54) is 0 Å². The first-order valence-electron chi connectivity index (χ1n) is 10.4. The molecule has 9 heteroatoms. The molecule has 2 aromatic rings. The molecule has 3 aliphatic rings. The van der Waals surface area contributed by atoms with Gasteiger partial charge in [-0.3, -0.25) is 14.5 Å². The van der Waals surface area contributed by atoms with Crippen molar-refractivity contribution in [2.24, 2.45) is 0 Å². The van der Waals surface area contributed by atoms with Crippen LogP contribution in [0.25, 0.3) is 0 Å². The molecule has 0 unspecified atom stereocenters. The van der Waals surface area contributed by atoms with Gasteiger partial charge < -0.3 is 19.7 Å². The van der Waals surface area contributed by atoms with Crippen LogP contribution < -0.4 is 19.7 Å². The first kappa shape index (κ1) is 19.9. The number of thiophene rings is 1. The number of nitrogens with zero attached hydrogens (tertiary/aromatic N) is 2. The normalized spacial score (nSPS) is 19.0. The quantitative estimate of drug-likeness (QED) is 0.721. The summed E-state index contributed by atoms with van der Waals surface area (Å²) in [6, 6.07) is 8.73. The maximum absolute atomic E-state index is 13.4. The Balaban J connectivity index is 1.41. The van der Waals surface area contributed by atoms with Gasteiger partial charge in [0.15, 0.2) is 11.5 Å². The summed E-state index contributed by atoms with van der Waals surface area (Å²) in [6.45, 7) is 0.967. The van der Waals surface area contributed by atoms with Crippen molar-refractivity contribution in [1.29, 1.82) is 0 Å². The van der Waals surface area contributed by atoms with E-state index in [9.17, 15) is 14.4 Å². The summed E-state index contributed by atoms with van der Waals surface area (Å²) in [5, 5.41) is 4.78. The van der Waals surface area contributed by atoms with Crippen LogP contribution in [0.15, 0.2) is 35.7 Å². The number of hydrogen-bond acceptors (Lipinski definition) is 6. The maximum Gasteiger partial charge on any atom is 0.325 e. The Hall–Kier alpha value is -3.07. The summed E-state index contributed by atoms with van der Waals surface area (Å²) < 4.78 is 11.3. The van der Waals surface area contributed by atoms with Gasteiger partial charge in [-0.25, -0.2) is 4.79 Å². The third-order valence-electron chi connectivity index (χ3n) is 6.03. The number of fused-ring (bicyclic) bond motifs is 1. The minimum atomic E-state index is -0.826. The molecule has 1 aliphatic carbocycles. The maximum atomic E-state index is 13.4. The van der Waals surface area contributed by atoms with Crippen molar-refractivity contribution in [3.05, 3.63) is 40.6 Å². The molecule has 8 nitrogen and oxygen atoms in total. The van der Waals surface area contributed by atoms with Gasteiger partial charge in [-0.2, -0.15) is 0 Å². The molecule has 1 aromatic heterocycles. The fourth-order valence-electron chi connectivity index (χ4n) is 4.44. The van der Waals surface area contributed by atoms with Crippen molar-refractivity contribution in [3.8, 4) is 11.5 Å². The summed E-state index contributed by atoms with van der Waals surface area (Å²) in [5.74, 6) is 0.591. The van der Waals surface area contributed by atoms with Crippen LogP contribution >= 0.6 is 11.3 Å². The van der Waals surface area contributed by atoms with Crippen molar-refractivity contribution in [3.63, 3.8) is 0 Å². The molecule has 5 rings (SSSR count). The number of carbonyl (C=O) groups excluding carboxylic acids is 3. The average molecular weight is 442 g/mol. The highest BCUT2D eigenvalue weighted by Crippen LogP contribution is 2.36. The van der Waals surface area contributed by atoms with E-state index in [0.29, 0.717) is 49.8 Å². The van der Waals surface area contributed by atoms with Gasteiger partial charge in [-0.1, -0.05) is 18.9 Å². The molecular weight excluding hydrogens is 418 g/mol. The Bertz CT molecular complexity index is 1020. The smallest absolute Gasteiger partial charge is 0.325 e. The molecule has 1 spiro atoms. The molecule has 0 atom stereocenters. The number of ether oxygens (including phenoxy) is 2. The van der Waals surface area contributed by atoms with Crippen LogP contribution in [0.4, 0.5) is 10.5 Å². The third-order valence-corrected chi connectivity index (χ3v) is 6.89. The van der Waals surface area contributed by atoms with E-state index in [4.69, 9.17) is 9.47 Å². The van der Waals surface area contributed by atoms with E-state index in [2.05, 4.69) is 5.32 Å². The predicted molar refractivity (Wildman–Crippen MR) is 114 cm³/mol. The molecule has 4 amide bonds. The van der Waals surface area contributed by atoms with E-state index >= 15 is 0 Å². The predicted octanol–water partition coefficient (Wildman–Crippen LogP) is 2.92. The van der Waals surface area contributed by atoms with Crippen molar-refractivity contribution in [1.82, 2.24) is 10.2 Å². The molecule has 3 heterocycles. The number of urea groups is 1. The zero-order valence-electron chi connectivity index (χ0n) is 17.0. The Morgan fingerprint density at radius 1 is 1.13 bits per heavy atom. The van der Waals surface area contributed by atoms with Crippen LogP contribution in [0.1, 0.15) is 30.6 Å². The van der Waals surface area contributed by atoms with Gasteiger partial charge in [0.05, 0.1) is 6.54 Å². The first-order chi connectivity index (χ1) is 15.1. The summed E-state index contributed by atoms with van der Waals surface area (Å²) >= 11 is 1.54. The van der Waals surface area contributed by atoms with Crippen LogP contribution in [0.3, 0.4) is 0 Å². The molecular formula is C22H23N3O5S. The molecule has 1 N–H and O–H groups in total. The molecule has 2 fully saturated rings. The van der Waals surface area contributed by atoms with Gasteiger partial charge >= 0.3 is 6.03 Å². The zero-order valence-corrected chi connectivity index (χ0v) is 17.8. The summed E-state index contributed by atoms with van der Waals surface area (Å²) in [4.78, 5) is 42.5. The minimum absolute atomic E-state index is 0.290. The number of rotatable bonds is 5. The topological polar surface area (TPSA) is 88.2 Å². The van der Waals surface area contributed by atoms with Gasteiger partial charge in [-0.15, -0.1) is 11.3 Å². The molecule has 31 heavy (non-hydrogen) atoms. The number of benzene rings is 1. The van der Waals surface area contributed by atoms with Crippen LogP contribution in [0, 0.1) is 0 Å². The average Bonchev–Trinajstić information content (AvgIpc) is 3.51. The van der Waals surface area contributed by atoms with Gasteiger partial charge in [0.2, 0.25) is 5.91 Å². The van der Waals surface area contributed by atoms with Crippen LogP contribution in [0.5, 0.6) is 11.5 Å². The van der Waals surface area contributed by atoms with Gasteiger partial charge in [0, 0.05) is 16.6 Å². The van der Waals surface area contributed by atoms with Gasteiger partial charge in [0.25, 0.3) is 5.91 Å². The monoisotopic (exact) mass is 441 g/mol. The number of amides is 4. The number of anilines is 1. The van der Waals surface area contributed by atoms with Crippen molar-refractivity contribution in [2.75, 3.05) is 24.7 Å². The van der Waals surface area contributed by atoms with Gasteiger partial charge in [-0.05, 0) is 36.4 Å². The molecule has 0 radical (unpaired) electrons. The molecule has 162 valence electrons. The Kier molecular flexibility index (Phi) is 5.05. The van der Waals surface area contributed by atoms with Crippen molar-refractivity contribution in [2.45, 2.75) is 37.8 Å². The largest absolute Gasteiger partial charge is 0.486 e. The second-order valence-electron chi connectivity index (χ2n) is 8.00. The zero-order chi connectivity index (χ0) is 21.4. The Morgan fingerprint density at radius 3 is 2.65 bits per heavy atom. The molecule has 1 saturated heterocycles. The lowest BCUT2D eigenvalue weighted by Crippen LogP contribution is -2.46. The van der Waals surface area contributed by atoms with Crippen LogP contribution in [-0.2, 0) is 16.1 Å². The number of hydrogen-bond donors (Lipinski definition) is 1. The highest BCUT2D eigenvalue weighted by atomic mass is 32.1. The van der Waals surface area contributed by atoms with Gasteiger partial charge in [0.1, 0.15) is 25.3 Å². The third kappa shape index (κ3) is 3.63. The fraction of sp³-hybridized carbons (Fsp3) is 0.409. The lowest BCUT2D eigenvalue weighted by molar-refractivity contribution is -0.134. The first-order valence-corrected chi connectivity index (χ1v) is 11.3. The standard InChI is InChI=1S/C22H23N3O5S/c26-19(14-25-20(27)22(23-21(25)28)7-1-2-8-22)24(13-16-4-3-11-31-16)15-5-6-17-18(12-15)30-10-9-29-17/h3-6,11-12H,1-2,7-10,13-14H2,(H,23,28). The highest BCUT2D eigenvalue weighted by molar-refractivity contribution is 7.09.